The Bertz CT molecular complexity index is 3060. The number of aliphatic hydroxyl groups excluding tert-OH is 20. The molecule has 0 bridgehead atoms. The van der Waals surface area contributed by atoms with Gasteiger partial charge in [0, 0.05) is 20.3 Å². The third-order valence-electron chi connectivity index (χ3n) is 25.8. The second-order valence-corrected chi connectivity index (χ2v) is 36.3. The molecular formula is C90H163N3O37. The Morgan fingerprint density at radius 1 is 0.315 bits per heavy atom. The lowest BCUT2D eigenvalue weighted by molar-refractivity contribution is -0.391. The molecule has 23 N–H and O–H groups in total. The van der Waals surface area contributed by atoms with E-state index in [1.807, 2.05) is 6.08 Å². The van der Waals surface area contributed by atoms with Crippen molar-refractivity contribution in [2.24, 2.45) is 0 Å². The van der Waals surface area contributed by atoms with E-state index in [9.17, 15) is 117 Å². The summed E-state index contributed by atoms with van der Waals surface area (Å²) < 4.78 is 83.8. The zero-order chi connectivity index (χ0) is 94.9. The number of unbranched alkanes of at least 4 members (excludes halogenated alkanes) is 33. The lowest BCUT2D eigenvalue weighted by atomic mass is 9.93. The minimum absolute atomic E-state index is 0.160. The van der Waals surface area contributed by atoms with E-state index in [1.54, 1.807) is 6.08 Å². The Morgan fingerprint density at radius 3 is 1.02 bits per heavy atom. The fourth-order valence-electron chi connectivity index (χ4n) is 17.9. The van der Waals surface area contributed by atoms with Gasteiger partial charge in [-0.2, -0.15) is 0 Å². The smallest absolute Gasteiger partial charge is 0.220 e. The molecule has 0 aliphatic carbocycles. The first kappa shape index (κ1) is 114. The van der Waals surface area contributed by atoms with Crippen molar-refractivity contribution >= 4 is 17.7 Å². The Balaban J connectivity index is 0.986. The van der Waals surface area contributed by atoms with E-state index in [0.29, 0.717) is 12.8 Å². The molecule has 7 aliphatic rings. The summed E-state index contributed by atoms with van der Waals surface area (Å²) >= 11 is 0. The van der Waals surface area contributed by atoms with E-state index in [4.69, 9.17) is 66.3 Å². The van der Waals surface area contributed by atoms with Crippen molar-refractivity contribution < 1.29 is 183 Å². The summed E-state index contributed by atoms with van der Waals surface area (Å²) in [6, 6.07) is -4.88. The van der Waals surface area contributed by atoms with Crippen LogP contribution in [0.3, 0.4) is 0 Å². The van der Waals surface area contributed by atoms with E-state index in [1.165, 1.54) is 167 Å². The van der Waals surface area contributed by atoms with Gasteiger partial charge in [-0.25, -0.2) is 0 Å². The van der Waals surface area contributed by atoms with Crippen molar-refractivity contribution in [3.63, 3.8) is 0 Å². The monoisotopic (exact) mass is 1880 g/mol. The highest BCUT2D eigenvalue weighted by molar-refractivity contribution is 5.76. The van der Waals surface area contributed by atoms with E-state index < -0.39 is 285 Å². The van der Waals surface area contributed by atoms with Gasteiger partial charge in [0.25, 0.3) is 0 Å². The Hall–Kier alpha value is -3.21. The van der Waals surface area contributed by atoms with Gasteiger partial charge in [0.2, 0.25) is 17.7 Å². The molecule has 0 spiro atoms. The first-order valence-electron chi connectivity index (χ1n) is 48.3. The lowest BCUT2D eigenvalue weighted by Crippen LogP contribution is -2.71. The van der Waals surface area contributed by atoms with Crippen LogP contribution in [0.25, 0.3) is 0 Å². The zero-order valence-electron chi connectivity index (χ0n) is 76.8. The molecule has 7 rings (SSSR count). The summed E-state index contributed by atoms with van der Waals surface area (Å²) in [5, 5.41) is 233. The Labute approximate surface area is 764 Å². The topological polar surface area (TPSA) is 621 Å². The van der Waals surface area contributed by atoms with Gasteiger partial charge in [-0.05, 0) is 26.2 Å². The van der Waals surface area contributed by atoms with Gasteiger partial charge >= 0.3 is 0 Å². The summed E-state index contributed by atoms with van der Waals surface area (Å²) in [6.45, 7) is 0.983. The number of allylic oxidation sites excluding steroid dienone is 1. The SMILES string of the molecule is CCCCCCCCCCCCC/C=C/[C@@H](O)[C@H](CO[C@@H]1OC(CO)[C@@H](O[C@@H]2OC(CO)[C@H](O)[C@H](O[C@@H]3OC(CO)[C@@H](O)[C@H](O[C@@H]4OC(CO)[C@H](O)[C@H](O[C@@H]5OC(CO)[C@@H](O)[C@H](O[C@@H]6OC(CO)[C@H](O)[C@H](O)C6O[C@H]6OC(C)[C@@H](O)C(O)[C@@H]6O)C5NC(C)=O)C4O)C3NC(C)=O)C2O)[C@H](O)C1O)NC(=O)CCCCCCCCCCCCCCCCCCCCCCCCC. The van der Waals surface area contributed by atoms with Gasteiger partial charge in [-0.15, -0.1) is 0 Å². The molecule has 14 unspecified atom stereocenters. The standard InChI is InChI=1S/C90H163N3O37/c1-6-8-10-12-14-16-18-20-21-22-23-24-25-26-27-28-29-31-33-35-37-39-41-43-62(103)93-54(55(102)42-40-38-36-34-32-30-19-17-15-13-11-9-7-2)50-117-86-75(114)73(112)78(61(49-99)124-86)125-88-76(115)81(69(108)59(47-97)121-88)128-84-63(91-52(4)100)79(67(106)57(45-95)119-84)126-89-77(116)82(70(109)60(48-98)122-89)129-85-64(92-53(5)101)80(68(107)58(46-96)120-85)127-90-83(72(111)66(105)56(44-94)123-90)130-87-74(113)71(110)65(104)51(3)118-87/h40,42,51,54-61,63-90,94-99,102,104-116H,6-39,41,43-50H2,1-5H3,(H,91,100)(H,92,101)(H,93,103)/b42-40+/t51?,54-,55+,56?,57?,58?,59?,60?,61?,63?,64?,65+,66-,67+,68+,69-,70-,71?,72-,73+,74-,75?,76?,77?,78+,79+,80+,81-,82-,83?,84-,85-,86+,87+,88-,89-,90-/m0/s1. The van der Waals surface area contributed by atoms with Gasteiger partial charge in [-0.3, -0.25) is 14.4 Å². The molecule has 3 amide bonds. The molecular weight excluding hydrogens is 1710 g/mol. The van der Waals surface area contributed by atoms with E-state index >= 15 is 0 Å². The van der Waals surface area contributed by atoms with Crippen LogP contribution in [0.2, 0.25) is 0 Å². The number of hydrogen-bond acceptors (Lipinski definition) is 37. The summed E-state index contributed by atoms with van der Waals surface area (Å²) in [5.74, 6) is -2.18. The van der Waals surface area contributed by atoms with Crippen LogP contribution in [0.15, 0.2) is 12.2 Å². The summed E-state index contributed by atoms with van der Waals surface area (Å²) in [4.78, 5) is 40.1. The summed E-state index contributed by atoms with van der Waals surface area (Å²) in [5.41, 5.74) is 0. The van der Waals surface area contributed by atoms with E-state index in [-0.39, 0.29) is 12.3 Å². The maximum absolute atomic E-state index is 13.7. The molecule has 7 aliphatic heterocycles. The lowest BCUT2D eigenvalue weighted by Gasteiger charge is -2.51. The van der Waals surface area contributed by atoms with Crippen LogP contribution in [0, 0.1) is 0 Å². The van der Waals surface area contributed by atoms with Crippen molar-refractivity contribution in [1.82, 2.24) is 16.0 Å². The average molecular weight is 1880 g/mol. The van der Waals surface area contributed by atoms with Crippen LogP contribution in [-0.2, 0) is 80.7 Å². The fraction of sp³-hybridized carbons (Fsp3) is 0.944. The molecule has 40 heteroatoms. The number of amides is 3. The predicted octanol–water partition coefficient (Wildman–Crippen LogP) is -0.451. The quantitative estimate of drug-likeness (QED) is 0.0271. The highest BCUT2D eigenvalue weighted by atomic mass is 16.8. The molecule has 760 valence electrons. The van der Waals surface area contributed by atoms with Crippen molar-refractivity contribution in [3.8, 4) is 0 Å². The number of aliphatic hydroxyl groups is 20. The predicted molar refractivity (Wildman–Crippen MR) is 462 cm³/mol. The molecule has 130 heavy (non-hydrogen) atoms. The van der Waals surface area contributed by atoms with Crippen molar-refractivity contribution in [2.75, 3.05) is 46.2 Å². The number of carbonyl (C=O) groups excluding carboxylic acids is 3. The van der Waals surface area contributed by atoms with Gasteiger partial charge in [0.15, 0.2) is 44.0 Å². The Kier molecular flexibility index (Phi) is 53.6. The molecule has 0 radical (unpaired) electrons. The zero-order valence-corrected chi connectivity index (χ0v) is 76.8. The van der Waals surface area contributed by atoms with Gasteiger partial charge in [0.1, 0.15) is 165 Å². The molecule has 37 atom stereocenters. The molecule has 7 fully saturated rings. The largest absolute Gasteiger partial charge is 0.394 e. The second-order valence-electron chi connectivity index (χ2n) is 36.3. The molecule has 0 aromatic carbocycles. The normalized spacial score (nSPS) is 37.3. The van der Waals surface area contributed by atoms with E-state index in [2.05, 4.69) is 29.8 Å². The molecule has 7 heterocycles. The number of carbonyl (C=O) groups is 3. The average Bonchev–Trinajstić information content (AvgIpc) is 0.744. The van der Waals surface area contributed by atoms with Gasteiger partial charge in [-0.1, -0.05) is 231 Å². The van der Waals surface area contributed by atoms with Crippen LogP contribution < -0.4 is 16.0 Å². The molecule has 0 aromatic rings. The number of hydrogen-bond donors (Lipinski definition) is 23. The third kappa shape index (κ3) is 35.0. The minimum atomic E-state index is -2.37. The number of nitrogens with one attached hydrogen (secondary N) is 3. The summed E-state index contributed by atoms with van der Waals surface area (Å²) in [6.07, 6.45) is -20.8. The van der Waals surface area contributed by atoms with Gasteiger partial charge < -0.3 is 184 Å². The second kappa shape index (κ2) is 61.3. The maximum atomic E-state index is 13.7. The Morgan fingerprint density at radius 2 is 0.623 bits per heavy atom. The maximum Gasteiger partial charge on any atom is 0.220 e. The minimum Gasteiger partial charge on any atom is -0.394 e. The molecule has 0 aromatic heterocycles. The highest BCUT2D eigenvalue weighted by Crippen LogP contribution is 2.40. The van der Waals surface area contributed by atoms with Crippen LogP contribution in [-0.4, -0.2) is 393 Å². The number of rotatable bonds is 62. The van der Waals surface area contributed by atoms with Crippen molar-refractivity contribution in [3.05, 3.63) is 12.2 Å². The molecule has 40 nitrogen and oxygen atoms in total. The van der Waals surface area contributed by atoms with Crippen molar-refractivity contribution in [2.45, 2.75) is 493 Å². The van der Waals surface area contributed by atoms with Crippen LogP contribution in [0.4, 0.5) is 0 Å². The van der Waals surface area contributed by atoms with Crippen molar-refractivity contribution in [1.29, 1.82) is 0 Å². The third-order valence-corrected chi connectivity index (χ3v) is 25.8. The first-order chi connectivity index (χ1) is 62.5. The van der Waals surface area contributed by atoms with Crippen LogP contribution >= 0.6 is 0 Å². The first-order valence-corrected chi connectivity index (χ1v) is 48.3. The van der Waals surface area contributed by atoms with E-state index in [0.717, 1.165) is 65.2 Å². The fourth-order valence-corrected chi connectivity index (χ4v) is 17.9. The van der Waals surface area contributed by atoms with Crippen LogP contribution in [0.5, 0.6) is 0 Å². The van der Waals surface area contributed by atoms with Gasteiger partial charge in [0.05, 0.1) is 64.5 Å². The summed E-state index contributed by atoms with van der Waals surface area (Å²) in [7, 11) is 0. The molecule has 7 saturated heterocycles. The molecule has 0 saturated carbocycles. The highest BCUT2D eigenvalue weighted by Gasteiger charge is 2.60. The van der Waals surface area contributed by atoms with Crippen LogP contribution in [0.1, 0.15) is 266 Å². The number of ether oxygens (including phenoxy) is 14.